The van der Waals surface area contributed by atoms with Gasteiger partial charge in [0.1, 0.15) is 30.4 Å². The van der Waals surface area contributed by atoms with Gasteiger partial charge in [-0.05, 0) is 29.7 Å². The number of Topliss-reactive ketones (excluding diaryl/α,β-unsaturated/α-hetero) is 1. The molecule has 0 aliphatic rings. The lowest BCUT2D eigenvalue weighted by atomic mass is 10.1. The van der Waals surface area contributed by atoms with E-state index in [1.165, 1.54) is 0 Å². The van der Waals surface area contributed by atoms with Crippen LogP contribution in [-0.4, -0.2) is 44.0 Å². The number of rotatable bonds is 22. The highest BCUT2D eigenvalue weighted by molar-refractivity contribution is 8.76. The Hall–Kier alpha value is -4.34. The maximum absolute atomic E-state index is 12.4. The van der Waals surface area contributed by atoms with Gasteiger partial charge >= 0.3 is 0 Å². The van der Waals surface area contributed by atoms with Gasteiger partial charge < -0.3 is 14.8 Å². The number of hydrogen-bond acceptors (Lipinski definition) is 6. The fourth-order valence-corrected chi connectivity index (χ4v) is 7.20. The molecule has 0 fully saturated rings. The smallest absolute Gasteiger partial charge is 0.220 e. The summed E-state index contributed by atoms with van der Waals surface area (Å²) in [7, 11) is 6.89. The van der Waals surface area contributed by atoms with Crippen molar-refractivity contribution in [3.8, 4) is 11.5 Å². The Morgan fingerprint density at radius 2 is 1.10 bits per heavy atom. The lowest BCUT2D eigenvalue weighted by Gasteiger charge is -2.05. The van der Waals surface area contributed by atoms with Crippen LogP contribution in [0.4, 0.5) is 0 Å². The van der Waals surface area contributed by atoms with E-state index < -0.39 is 0 Å². The zero-order chi connectivity index (χ0) is 35.2. The number of carbonyl (C=O) groups excluding carboxylic acids is 2. The largest absolute Gasteiger partial charge is 0.496 e. The molecule has 0 atom stereocenters. The van der Waals surface area contributed by atoms with Gasteiger partial charge in [0.25, 0.3) is 0 Å². The summed E-state index contributed by atoms with van der Waals surface area (Å²) in [6.45, 7) is 2.28. The minimum atomic E-state index is 0.0909. The Balaban J connectivity index is 0.972. The first kappa shape index (κ1) is 38.5. The van der Waals surface area contributed by atoms with Crippen molar-refractivity contribution >= 4 is 57.6 Å². The van der Waals surface area contributed by atoms with Crippen LogP contribution in [0.15, 0.2) is 97.6 Å². The zero-order valence-corrected chi connectivity index (χ0v) is 30.8. The van der Waals surface area contributed by atoms with E-state index in [1.54, 1.807) is 35.8 Å². The number of aromatic nitrogens is 2. The van der Waals surface area contributed by atoms with Gasteiger partial charge in [0, 0.05) is 85.5 Å². The van der Waals surface area contributed by atoms with E-state index in [-0.39, 0.29) is 5.91 Å². The molecule has 2 aromatic carbocycles. The van der Waals surface area contributed by atoms with Crippen molar-refractivity contribution in [3.05, 3.63) is 120 Å². The summed E-state index contributed by atoms with van der Waals surface area (Å²) in [4.78, 5) is 24.6. The van der Waals surface area contributed by atoms with Gasteiger partial charge in [0.15, 0.2) is 24.8 Å². The van der Waals surface area contributed by atoms with E-state index in [0.717, 1.165) is 77.6 Å². The predicted molar refractivity (Wildman–Crippen MR) is 208 cm³/mol. The Kier molecular flexibility index (Phi) is 17.2. The van der Waals surface area contributed by atoms with Crippen molar-refractivity contribution in [1.82, 2.24) is 5.32 Å². The minimum Gasteiger partial charge on any atom is -0.496 e. The first-order chi connectivity index (χ1) is 24.5. The van der Waals surface area contributed by atoms with E-state index in [2.05, 4.69) is 75.4 Å². The molecule has 0 spiro atoms. The van der Waals surface area contributed by atoms with E-state index in [0.29, 0.717) is 31.6 Å². The summed E-state index contributed by atoms with van der Waals surface area (Å²) in [5, 5.41) is 3.02. The van der Waals surface area contributed by atoms with E-state index in [4.69, 9.17) is 9.47 Å². The van der Waals surface area contributed by atoms with Crippen LogP contribution < -0.4 is 23.9 Å². The molecule has 0 saturated heterocycles. The quantitative estimate of drug-likeness (QED) is 0.0512. The molecule has 0 aliphatic heterocycles. The van der Waals surface area contributed by atoms with E-state index in [1.807, 2.05) is 60.9 Å². The monoisotopic (exact) mass is 711 g/mol. The molecule has 7 nitrogen and oxygen atoms in total. The molecule has 0 bridgehead atoms. The average molecular weight is 712 g/mol. The van der Waals surface area contributed by atoms with Crippen LogP contribution >= 0.6 is 21.6 Å². The van der Waals surface area contributed by atoms with Crippen molar-refractivity contribution in [3.63, 3.8) is 0 Å². The third-order valence-electron chi connectivity index (χ3n) is 7.99. The van der Waals surface area contributed by atoms with Gasteiger partial charge in [-0.2, -0.15) is 0 Å². The van der Waals surface area contributed by atoms with Gasteiger partial charge in [0.05, 0.1) is 14.2 Å². The molecule has 4 aromatic rings. The minimum absolute atomic E-state index is 0.0909. The number of para-hydroxylation sites is 2. The maximum Gasteiger partial charge on any atom is 0.220 e. The number of nitrogens with zero attached hydrogens (tertiary/aromatic N) is 2. The maximum atomic E-state index is 12.4. The molecule has 2 heterocycles. The zero-order valence-electron chi connectivity index (χ0n) is 29.2. The second kappa shape index (κ2) is 22.4. The molecule has 262 valence electrons. The second-order valence-electron chi connectivity index (χ2n) is 11.7. The molecule has 0 unspecified atom stereocenters. The highest BCUT2D eigenvalue weighted by Crippen LogP contribution is 2.23. The number of aryl methyl sites for hydroxylation is 2. The van der Waals surface area contributed by atoms with Gasteiger partial charge in [-0.1, -0.05) is 82.3 Å². The van der Waals surface area contributed by atoms with Crippen molar-refractivity contribution in [2.75, 3.05) is 32.3 Å². The van der Waals surface area contributed by atoms with Crippen LogP contribution in [0.3, 0.4) is 0 Å². The number of pyridine rings is 2. The Bertz CT molecular complexity index is 1550. The number of amides is 1. The first-order valence-corrected chi connectivity index (χ1v) is 19.7. The molecule has 1 amide bonds. The molecule has 2 aromatic heterocycles. The SMILES string of the molecule is COc1ccccc1/C=C/c1cc[n+](CCCC(=O)CCCSSCCNC(=O)CCC[n+]2ccc(/C=C/c3ccccc3OC)cc2)cc1. The third-order valence-corrected chi connectivity index (χ3v) is 10.5. The summed E-state index contributed by atoms with van der Waals surface area (Å²) in [5.41, 5.74) is 4.30. The number of benzene rings is 2. The number of carbonyl (C=O) groups is 2. The molecule has 4 rings (SSSR count). The molecule has 1 N–H and O–H groups in total. The number of nitrogens with one attached hydrogen (secondary N) is 1. The number of ketones is 1. The van der Waals surface area contributed by atoms with Crippen LogP contribution in [0.25, 0.3) is 24.3 Å². The van der Waals surface area contributed by atoms with Crippen LogP contribution in [0.5, 0.6) is 11.5 Å². The Morgan fingerprint density at radius 3 is 1.64 bits per heavy atom. The third kappa shape index (κ3) is 14.3. The van der Waals surface area contributed by atoms with Crippen LogP contribution in [0, 0.1) is 0 Å². The van der Waals surface area contributed by atoms with Gasteiger partial charge in [0.2, 0.25) is 5.91 Å². The van der Waals surface area contributed by atoms with Gasteiger partial charge in [-0.15, -0.1) is 0 Å². The Labute approximate surface area is 305 Å². The molecule has 0 aliphatic carbocycles. The predicted octanol–water partition coefficient (Wildman–Crippen LogP) is 7.73. The van der Waals surface area contributed by atoms with Crippen molar-refractivity contribution in [1.29, 1.82) is 0 Å². The van der Waals surface area contributed by atoms with Crippen LogP contribution in [-0.2, 0) is 22.7 Å². The molecule has 50 heavy (non-hydrogen) atoms. The topological polar surface area (TPSA) is 72.4 Å². The number of methoxy groups -OCH3 is 2. The lowest BCUT2D eigenvalue weighted by Crippen LogP contribution is -2.34. The van der Waals surface area contributed by atoms with Crippen LogP contribution in [0.1, 0.15) is 60.8 Å². The highest BCUT2D eigenvalue weighted by Gasteiger charge is 2.08. The summed E-state index contributed by atoms with van der Waals surface area (Å²) in [6.07, 6.45) is 20.7. The van der Waals surface area contributed by atoms with Gasteiger partial charge in [-0.3, -0.25) is 9.59 Å². The van der Waals surface area contributed by atoms with E-state index >= 15 is 0 Å². The van der Waals surface area contributed by atoms with E-state index in [9.17, 15) is 9.59 Å². The highest BCUT2D eigenvalue weighted by atomic mass is 33.1. The summed E-state index contributed by atoms with van der Waals surface area (Å²) < 4.78 is 15.0. The first-order valence-electron chi connectivity index (χ1n) is 17.2. The standard InChI is InChI=1S/C41H48N3O4S2/c1-47-39-14-5-3-10-36(39)19-17-34-21-28-43(29-22-34)26-7-12-38(45)13-9-32-49-50-33-25-42-41(46)16-8-27-44-30-23-35(24-31-44)18-20-37-11-4-6-15-40(37)48-2/h3-6,10-11,14-15,17-24,28-31H,7-9,12-13,16,25-27,32-33H2,1-2H3/q+1/p+1/b19-17+,20-18+. The molecule has 9 heteroatoms. The van der Waals surface area contributed by atoms with Crippen LogP contribution in [0.2, 0.25) is 0 Å². The number of ether oxygens (including phenoxy) is 2. The average Bonchev–Trinajstić information content (AvgIpc) is 3.15. The second-order valence-corrected chi connectivity index (χ2v) is 14.4. The van der Waals surface area contributed by atoms with Crippen molar-refractivity contribution in [2.45, 2.75) is 51.6 Å². The normalized spacial score (nSPS) is 11.2. The fourth-order valence-electron chi connectivity index (χ4n) is 5.21. The molecular formula is C41H49N3O4S2+2. The lowest BCUT2D eigenvalue weighted by molar-refractivity contribution is -0.697. The fraction of sp³-hybridized carbons (Fsp3) is 0.317. The Morgan fingerprint density at radius 1 is 0.620 bits per heavy atom. The van der Waals surface area contributed by atoms with Crippen molar-refractivity contribution in [2.24, 2.45) is 0 Å². The summed E-state index contributed by atoms with van der Waals surface area (Å²) in [6, 6.07) is 24.2. The van der Waals surface area contributed by atoms with Gasteiger partial charge in [-0.25, -0.2) is 9.13 Å². The molecule has 0 radical (unpaired) electrons. The summed E-state index contributed by atoms with van der Waals surface area (Å²) >= 11 is 0. The molecular weight excluding hydrogens is 663 g/mol. The molecule has 0 saturated carbocycles. The summed E-state index contributed by atoms with van der Waals surface area (Å²) in [5.74, 6) is 3.92. The van der Waals surface area contributed by atoms with Crippen molar-refractivity contribution < 1.29 is 28.2 Å². The number of hydrogen-bond donors (Lipinski definition) is 1.